The lowest BCUT2D eigenvalue weighted by atomic mass is 10.1. The van der Waals surface area contributed by atoms with E-state index in [-0.39, 0.29) is 5.57 Å². The standard InChI is InChI=1S/C10H5NO2/c11-5-8-9(12)6-3-1-2-4-7(6)10(8)13/h1-4,11H. The van der Waals surface area contributed by atoms with Crippen molar-refractivity contribution in [2.45, 2.75) is 0 Å². The maximum Gasteiger partial charge on any atom is 0.207 e. The molecule has 2 rings (SSSR count). The molecule has 3 heteroatoms. The van der Waals surface area contributed by atoms with Crippen LogP contribution in [0.4, 0.5) is 0 Å². The zero-order valence-electron chi connectivity index (χ0n) is 6.63. The Bertz CT molecular complexity index is 431. The van der Waals surface area contributed by atoms with Gasteiger partial charge in [0.2, 0.25) is 11.6 Å². The molecule has 0 saturated heterocycles. The Morgan fingerprint density at radius 3 is 1.85 bits per heavy atom. The SMILES string of the molecule is N=C=C1C(=O)c2ccccc2C1=O. The van der Waals surface area contributed by atoms with Crippen LogP contribution in [0.5, 0.6) is 0 Å². The molecular formula is C10H5NO2. The summed E-state index contributed by atoms with van der Waals surface area (Å²) in [6.45, 7) is 0. The molecule has 0 aromatic heterocycles. The molecule has 1 N–H and O–H groups in total. The minimum Gasteiger partial charge on any atom is -0.288 e. The Morgan fingerprint density at radius 1 is 1.00 bits per heavy atom. The number of rotatable bonds is 0. The smallest absolute Gasteiger partial charge is 0.207 e. The van der Waals surface area contributed by atoms with Gasteiger partial charge in [-0.2, -0.15) is 0 Å². The molecule has 62 valence electrons. The van der Waals surface area contributed by atoms with Crippen LogP contribution >= 0.6 is 0 Å². The van der Waals surface area contributed by atoms with Gasteiger partial charge in [-0.3, -0.25) is 15.0 Å². The molecule has 0 bridgehead atoms. The monoisotopic (exact) mass is 171 g/mol. The summed E-state index contributed by atoms with van der Waals surface area (Å²) >= 11 is 0. The number of carbonyl (C=O) groups is 2. The largest absolute Gasteiger partial charge is 0.288 e. The second-order valence-corrected chi connectivity index (χ2v) is 2.70. The van der Waals surface area contributed by atoms with E-state index in [1.807, 2.05) is 5.87 Å². The van der Waals surface area contributed by atoms with Gasteiger partial charge >= 0.3 is 0 Å². The maximum atomic E-state index is 11.4. The van der Waals surface area contributed by atoms with Gasteiger partial charge in [0.25, 0.3) is 0 Å². The van der Waals surface area contributed by atoms with E-state index in [1.54, 1.807) is 24.3 Å². The van der Waals surface area contributed by atoms with Gasteiger partial charge in [0.05, 0.1) is 0 Å². The number of hydrogen-bond donors (Lipinski definition) is 1. The molecule has 0 amide bonds. The van der Waals surface area contributed by atoms with Crippen LogP contribution in [-0.2, 0) is 0 Å². The first kappa shape index (κ1) is 7.65. The van der Waals surface area contributed by atoms with Crippen LogP contribution in [0.2, 0.25) is 0 Å². The highest BCUT2D eigenvalue weighted by molar-refractivity contribution is 6.42. The first-order valence-electron chi connectivity index (χ1n) is 3.74. The Hall–Kier alpha value is -1.99. The fourth-order valence-electron chi connectivity index (χ4n) is 1.37. The summed E-state index contributed by atoms with van der Waals surface area (Å²) < 4.78 is 0. The number of nitrogens with one attached hydrogen (secondary N) is 1. The predicted molar refractivity (Wildman–Crippen MR) is 46.3 cm³/mol. The van der Waals surface area contributed by atoms with Crippen LogP contribution in [0.1, 0.15) is 20.7 Å². The molecule has 0 saturated carbocycles. The quantitative estimate of drug-likeness (QED) is 0.362. The van der Waals surface area contributed by atoms with E-state index < -0.39 is 11.6 Å². The number of carbonyl (C=O) groups excluding carboxylic acids is 2. The summed E-state index contributed by atoms with van der Waals surface area (Å²) in [6, 6.07) is 6.55. The van der Waals surface area contributed by atoms with Crippen molar-refractivity contribution in [3.8, 4) is 0 Å². The van der Waals surface area contributed by atoms with E-state index in [4.69, 9.17) is 5.41 Å². The van der Waals surface area contributed by atoms with Crippen LogP contribution in [0.3, 0.4) is 0 Å². The minimum atomic E-state index is -0.393. The molecule has 0 heterocycles. The average Bonchev–Trinajstić information content (AvgIpc) is 2.41. The lowest BCUT2D eigenvalue weighted by Gasteiger charge is -1.90. The third-order valence-corrected chi connectivity index (χ3v) is 2.00. The van der Waals surface area contributed by atoms with Gasteiger partial charge in [0, 0.05) is 11.1 Å². The Kier molecular flexibility index (Phi) is 1.47. The molecule has 0 aliphatic heterocycles. The number of fused-ring (bicyclic) bond motifs is 1. The summed E-state index contributed by atoms with van der Waals surface area (Å²) in [5.41, 5.74) is 0.589. The van der Waals surface area contributed by atoms with Crippen molar-refractivity contribution in [3.63, 3.8) is 0 Å². The van der Waals surface area contributed by atoms with Crippen LogP contribution in [0.15, 0.2) is 29.8 Å². The molecule has 1 aliphatic carbocycles. The highest BCUT2D eigenvalue weighted by atomic mass is 16.2. The molecule has 0 unspecified atom stereocenters. The Balaban J connectivity index is 2.78. The fourth-order valence-corrected chi connectivity index (χ4v) is 1.37. The van der Waals surface area contributed by atoms with Crippen molar-refractivity contribution >= 4 is 17.4 Å². The molecule has 1 aromatic carbocycles. The normalized spacial score (nSPS) is 14.3. The molecular weight excluding hydrogens is 166 g/mol. The second-order valence-electron chi connectivity index (χ2n) is 2.70. The van der Waals surface area contributed by atoms with E-state index >= 15 is 0 Å². The van der Waals surface area contributed by atoms with Crippen molar-refractivity contribution in [1.29, 1.82) is 5.41 Å². The van der Waals surface area contributed by atoms with Gasteiger partial charge in [-0.1, -0.05) is 24.3 Å². The average molecular weight is 171 g/mol. The van der Waals surface area contributed by atoms with Crippen molar-refractivity contribution in [3.05, 3.63) is 41.0 Å². The molecule has 3 nitrogen and oxygen atoms in total. The first-order valence-corrected chi connectivity index (χ1v) is 3.74. The lowest BCUT2D eigenvalue weighted by Crippen LogP contribution is -2.00. The van der Waals surface area contributed by atoms with Crippen LogP contribution in [0.25, 0.3) is 0 Å². The van der Waals surface area contributed by atoms with Crippen molar-refractivity contribution in [1.82, 2.24) is 0 Å². The van der Waals surface area contributed by atoms with E-state index in [9.17, 15) is 9.59 Å². The zero-order chi connectivity index (χ0) is 9.42. The first-order chi connectivity index (χ1) is 6.25. The van der Waals surface area contributed by atoms with Crippen LogP contribution < -0.4 is 0 Å². The van der Waals surface area contributed by atoms with Crippen molar-refractivity contribution in [2.75, 3.05) is 0 Å². The molecule has 0 radical (unpaired) electrons. The minimum absolute atomic E-state index is 0.166. The molecule has 1 aliphatic rings. The van der Waals surface area contributed by atoms with E-state index in [0.717, 1.165) is 0 Å². The second kappa shape index (κ2) is 2.51. The van der Waals surface area contributed by atoms with Crippen LogP contribution in [-0.4, -0.2) is 17.4 Å². The molecule has 13 heavy (non-hydrogen) atoms. The molecule has 0 atom stereocenters. The van der Waals surface area contributed by atoms with Gasteiger partial charge in [-0.15, -0.1) is 0 Å². The van der Waals surface area contributed by atoms with E-state index in [1.165, 1.54) is 0 Å². The van der Waals surface area contributed by atoms with Crippen molar-refractivity contribution in [2.24, 2.45) is 0 Å². The van der Waals surface area contributed by atoms with Gasteiger partial charge in [-0.25, -0.2) is 0 Å². The lowest BCUT2D eigenvalue weighted by molar-refractivity contribution is 0.0992. The number of Topliss-reactive ketones (excluding diaryl/α,β-unsaturated/α-hetero) is 2. The third-order valence-electron chi connectivity index (χ3n) is 2.00. The number of benzene rings is 1. The molecule has 0 spiro atoms. The van der Waals surface area contributed by atoms with Gasteiger partial charge in [0.1, 0.15) is 5.57 Å². The zero-order valence-corrected chi connectivity index (χ0v) is 6.63. The summed E-state index contributed by atoms with van der Waals surface area (Å²) in [4.78, 5) is 22.8. The summed E-state index contributed by atoms with van der Waals surface area (Å²) in [5.74, 6) is 1.09. The summed E-state index contributed by atoms with van der Waals surface area (Å²) in [7, 11) is 0. The maximum absolute atomic E-state index is 11.4. The van der Waals surface area contributed by atoms with Crippen LogP contribution in [0, 0.1) is 5.41 Å². The van der Waals surface area contributed by atoms with Gasteiger partial charge in [-0.05, 0) is 5.87 Å². The van der Waals surface area contributed by atoms with E-state index in [2.05, 4.69) is 0 Å². The fraction of sp³-hybridized carbons (Fsp3) is 0. The summed E-state index contributed by atoms with van der Waals surface area (Å²) in [5, 5.41) is 6.81. The molecule has 0 fully saturated rings. The highest BCUT2D eigenvalue weighted by Gasteiger charge is 2.32. The Morgan fingerprint density at radius 2 is 1.46 bits per heavy atom. The van der Waals surface area contributed by atoms with E-state index in [0.29, 0.717) is 11.1 Å². The Labute approximate surface area is 74.2 Å². The molecule has 1 aromatic rings. The van der Waals surface area contributed by atoms with Crippen molar-refractivity contribution < 1.29 is 9.59 Å². The topological polar surface area (TPSA) is 58.0 Å². The van der Waals surface area contributed by atoms with Gasteiger partial charge in [0.15, 0.2) is 0 Å². The third kappa shape index (κ3) is 0.880. The summed E-state index contributed by atoms with van der Waals surface area (Å²) in [6.07, 6.45) is 0. The number of hydrogen-bond acceptors (Lipinski definition) is 3. The number of allylic oxidation sites excluding steroid dienone is 1. The number of ketones is 2. The predicted octanol–water partition coefficient (Wildman–Crippen LogP) is 1.24. The van der Waals surface area contributed by atoms with Gasteiger partial charge < -0.3 is 0 Å². The highest BCUT2D eigenvalue weighted by Crippen LogP contribution is 2.23.